The molecular weight excluding hydrogens is 296 g/mol. The summed E-state index contributed by atoms with van der Waals surface area (Å²) in [6, 6.07) is 10.3. The van der Waals surface area contributed by atoms with E-state index in [-0.39, 0.29) is 0 Å². The third-order valence-electron chi connectivity index (χ3n) is 5.66. The van der Waals surface area contributed by atoms with E-state index in [1.807, 2.05) is 36.8 Å². The molecule has 0 amide bonds. The average molecular weight is 322 g/mol. The lowest BCUT2D eigenvalue weighted by atomic mass is 9.74. The van der Waals surface area contributed by atoms with Crippen molar-refractivity contribution in [1.29, 1.82) is 0 Å². The molecule has 1 aliphatic heterocycles. The molecule has 2 aromatic rings. The number of hydrogen-bond acceptors (Lipinski definition) is 4. The fourth-order valence-corrected chi connectivity index (χ4v) is 4.52. The topological polar surface area (TPSA) is 41.0 Å². The number of fused-ring (bicyclic) bond motifs is 1. The number of likely N-dealkylation sites (tertiary alicyclic amines) is 1. The number of aromatic nitrogens is 2. The van der Waals surface area contributed by atoms with Crippen molar-refractivity contribution in [3.05, 3.63) is 54.5 Å². The third-order valence-corrected chi connectivity index (χ3v) is 5.66. The fourth-order valence-electron chi connectivity index (χ4n) is 4.52. The van der Waals surface area contributed by atoms with E-state index in [4.69, 9.17) is 0 Å². The van der Waals surface area contributed by atoms with Crippen molar-refractivity contribution in [3.63, 3.8) is 0 Å². The fraction of sp³-hybridized carbons (Fsp3) is 0.500. The minimum atomic E-state index is 0.768. The SMILES string of the molecule is c1ccc(NC[C@H]2CCC[C@H]3CN(Cc4cccnc4)C[C@@H]23)nc1. The van der Waals surface area contributed by atoms with Gasteiger partial charge >= 0.3 is 0 Å². The van der Waals surface area contributed by atoms with Crippen LogP contribution in [0.5, 0.6) is 0 Å². The summed E-state index contributed by atoms with van der Waals surface area (Å²) < 4.78 is 0. The maximum absolute atomic E-state index is 4.39. The van der Waals surface area contributed by atoms with E-state index >= 15 is 0 Å². The molecule has 0 unspecified atom stereocenters. The van der Waals surface area contributed by atoms with Crippen LogP contribution in [0.2, 0.25) is 0 Å². The number of anilines is 1. The van der Waals surface area contributed by atoms with E-state index in [1.54, 1.807) is 0 Å². The first-order valence-corrected chi connectivity index (χ1v) is 9.14. The zero-order chi connectivity index (χ0) is 16.2. The molecule has 0 bridgehead atoms. The molecule has 2 aromatic heterocycles. The van der Waals surface area contributed by atoms with Gasteiger partial charge in [0.05, 0.1) is 0 Å². The van der Waals surface area contributed by atoms with Gasteiger partial charge in [0, 0.05) is 44.8 Å². The molecule has 1 saturated heterocycles. The predicted molar refractivity (Wildman–Crippen MR) is 96.6 cm³/mol. The second-order valence-electron chi connectivity index (χ2n) is 7.27. The number of nitrogens with zero attached hydrogens (tertiary/aromatic N) is 3. The minimum absolute atomic E-state index is 0.768. The first kappa shape index (κ1) is 15.6. The van der Waals surface area contributed by atoms with Crippen LogP contribution < -0.4 is 5.32 Å². The normalized spacial score (nSPS) is 26.9. The van der Waals surface area contributed by atoms with Crippen LogP contribution in [0.1, 0.15) is 24.8 Å². The van der Waals surface area contributed by atoms with Crippen LogP contribution in [-0.4, -0.2) is 34.5 Å². The monoisotopic (exact) mass is 322 g/mol. The van der Waals surface area contributed by atoms with E-state index in [0.717, 1.165) is 36.7 Å². The Morgan fingerprint density at radius 1 is 1.08 bits per heavy atom. The highest BCUT2D eigenvalue weighted by Gasteiger charge is 2.39. The lowest BCUT2D eigenvalue weighted by Gasteiger charge is -2.33. The van der Waals surface area contributed by atoms with Crippen molar-refractivity contribution < 1.29 is 0 Å². The van der Waals surface area contributed by atoms with Gasteiger partial charge in [-0.25, -0.2) is 4.98 Å². The van der Waals surface area contributed by atoms with E-state index in [9.17, 15) is 0 Å². The summed E-state index contributed by atoms with van der Waals surface area (Å²) in [5.74, 6) is 3.46. The smallest absolute Gasteiger partial charge is 0.125 e. The van der Waals surface area contributed by atoms with Crippen LogP contribution in [0.25, 0.3) is 0 Å². The van der Waals surface area contributed by atoms with Gasteiger partial charge in [-0.3, -0.25) is 9.88 Å². The summed E-state index contributed by atoms with van der Waals surface area (Å²) in [5.41, 5.74) is 1.33. The number of hydrogen-bond donors (Lipinski definition) is 1. The maximum atomic E-state index is 4.39. The van der Waals surface area contributed by atoms with Crippen molar-refractivity contribution in [2.45, 2.75) is 25.8 Å². The van der Waals surface area contributed by atoms with Gasteiger partial charge in [-0.15, -0.1) is 0 Å². The van der Waals surface area contributed by atoms with Gasteiger partial charge in [0.15, 0.2) is 0 Å². The van der Waals surface area contributed by atoms with E-state index < -0.39 is 0 Å². The predicted octanol–water partition coefficient (Wildman–Crippen LogP) is 3.44. The van der Waals surface area contributed by atoms with Crippen LogP contribution in [0.15, 0.2) is 48.9 Å². The Kier molecular flexibility index (Phi) is 4.74. The van der Waals surface area contributed by atoms with Gasteiger partial charge < -0.3 is 5.32 Å². The summed E-state index contributed by atoms with van der Waals surface area (Å²) in [6.45, 7) is 4.58. The molecule has 4 nitrogen and oxygen atoms in total. The van der Waals surface area contributed by atoms with Gasteiger partial charge in [0.1, 0.15) is 5.82 Å². The highest BCUT2D eigenvalue weighted by atomic mass is 15.2. The van der Waals surface area contributed by atoms with E-state index in [2.05, 4.69) is 32.3 Å². The molecule has 126 valence electrons. The summed E-state index contributed by atoms with van der Waals surface area (Å²) in [6.07, 6.45) is 9.83. The van der Waals surface area contributed by atoms with Crippen LogP contribution in [-0.2, 0) is 6.54 Å². The van der Waals surface area contributed by atoms with Gasteiger partial charge in [-0.1, -0.05) is 18.6 Å². The Bertz CT molecular complexity index is 631. The average Bonchev–Trinajstić information content (AvgIpc) is 3.04. The quantitative estimate of drug-likeness (QED) is 0.915. The Balaban J connectivity index is 1.36. The standard InChI is InChI=1S/C20H26N4/c1-2-10-22-20(8-1)23-12-17-6-3-7-18-14-24(15-19(17)18)13-16-5-4-9-21-11-16/h1-2,4-5,8-11,17-19H,3,6-7,12-15H2,(H,22,23)/t17-,18+,19+/m1/s1. The van der Waals surface area contributed by atoms with Crippen LogP contribution in [0.4, 0.5) is 5.82 Å². The van der Waals surface area contributed by atoms with E-state index in [0.29, 0.717) is 0 Å². The van der Waals surface area contributed by atoms with Crippen LogP contribution >= 0.6 is 0 Å². The number of nitrogens with one attached hydrogen (secondary N) is 1. The molecule has 1 aliphatic carbocycles. The zero-order valence-electron chi connectivity index (χ0n) is 14.1. The molecule has 3 atom stereocenters. The van der Waals surface area contributed by atoms with Crippen molar-refractivity contribution in [3.8, 4) is 0 Å². The summed E-state index contributed by atoms with van der Waals surface area (Å²) in [4.78, 5) is 11.3. The number of pyridine rings is 2. The highest BCUT2D eigenvalue weighted by molar-refractivity contribution is 5.33. The lowest BCUT2D eigenvalue weighted by molar-refractivity contribution is 0.207. The second kappa shape index (κ2) is 7.31. The molecule has 4 heteroatoms. The molecule has 2 fully saturated rings. The number of rotatable bonds is 5. The first-order valence-electron chi connectivity index (χ1n) is 9.14. The molecule has 4 rings (SSSR count). The molecule has 24 heavy (non-hydrogen) atoms. The van der Waals surface area contributed by atoms with Crippen molar-refractivity contribution in [2.75, 3.05) is 25.0 Å². The van der Waals surface area contributed by atoms with Crippen molar-refractivity contribution >= 4 is 5.82 Å². The summed E-state index contributed by atoms with van der Waals surface area (Å²) in [7, 11) is 0. The van der Waals surface area contributed by atoms with Gasteiger partial charge in [0.25, 0.3) is 0 Å². The zero-order valence-corrected chi connectivity index (χ0v) is 14.1. The molecule has 3 heterocycles. The van der Waals surface area contributed by atoms with Crippen molar-refractivity contribution in [2.24, 2.45) is 17.8 Å². The van der Waals surface area contributed by atoms with Crippen molar-refractivity contribution in [1.82, 2.24) is 14.9 Å². The Hall–Kier alpha value is -1.94. The summed E-state index contributed by atoms with van der Waals surface area (Å²) in [5, 5.41) is 3.55. The maximum Gasteiger partial charge on any atom is 0.125 e. The first-order chi connectivity index (χ1) is 11.9. The second-order valence-corrected chi connectivity index (χ2v) is 7.27. The minimum Gasteiger partial charge on any atom is -0.370 e. The molecule has 0 aromatic carbocycles. The molecule has 2 aliphatic rings. The van der Waals surface area contributed by atoms with Gasteiger partial charge in [-0.2, -0.15) is 0 Å². The summed E-state index contributed by atoms with van der Waals surface area (Å²) >= 11 is 0. The third kappa shape index (κ3) is 3.59. The Morgan fingerprint density at radius 2 is 2.08 bits per heavy atom. The highest BCUT2D eigenvalue weighted by Crippen LogP contribution is 2.40. The Labute approximate surface area is 144 Å². The molecule has 0 radical (unpaired) electrons. The largest absolute Gasteiger partial charge is 0.370 e. The van der Waals surface area contributed by atoms with Gasteiger partial charge in [-0.05, 0) is 54.4 Å². The van der Waals surface area contributed by atoms with Gasteiger partial charge in [0.2, 0.25) is 0 Å². The van der Waals surface area contributed by atoms with Crippen LogP contribution in [0.3, 0.4) is 0 Å². The Morgan fingerprint density at radius 3 is 2.92 bits per heavy atom. The van der Waals surface area contributed by atoms with Crippen LogP contribution in [0, 0.1) is 17.8 Å². The molecule has 1 N–H and O–H groups in total. The molecular formula is C20H26N4. The molecule has 1 saturated carbocycles. The lowest BCUT2D eigenvalue weighted by Crippen LogP contribution is -2.32. The van der Waals surface area contributed by atoms with E-state index in [1.165, 1.54) is 37.9 Å². The molecule has 0 spiro atoms.